The molecule has 1 saturated heterocycles. The molecule has 0 atom stereocenters. The largest absolute Gasteiger partial charge is 0.361 e. The number of amides is 1. The maximum atomic E-state index is 11.7. The molecule has 1 aliphatic rings. The molecule has 19 heavy (non-hydrogen) atoms. The summed E-state index contributed by atoms with van der Waals surface area (Å²) in [6, 6.07) is 5.80. The third-order valence-electron chi connectivity index (χ3n) is 3.58. The Kier molecular flexibility index (Phi) is 3.44. The molecule has 2 heterocycles. The molecular weight excluding hydrogens is 262 g/mol. The smallest absolute Gasteiger partial charge is 0.225 e. The second-order valence-electron chi connectivity index (χ2n) is 4.90. The third-order valence-corrected chi connectivity index (χ3v) is 3.81. The van der Waals surface area contributed by atoms with Crippen molar-refractivity contribution in [1.82, 2.24) is 15.6 Å². The van der Waals surface area contributed by atoms with Crippen molar-refractivity contribution in [3.8, 4) is 0 Å². The molecule has 1 aliphatic heterocycles. The van der Waals surface area contributed by atoms with Crippen LogP contribution in [0.2, 0.25) is 5.02 Å². The Morgan fingerprint density at radius 3 is 3.00 bits per heavy atom. The normalized spacial score (nSPS) is 15.4. The lowest BCUT2D eigenvalue weighted by Gasteiger charge is -2.25. The van der Waals surface area contributed by atoms with E-state index in [0.717, 1.165) is 35.4 Å². The van der Waals surface area contributed by atoms with Gasteiger partial charge in [0.2, 0.25) is 5.91 Å². The number of nitrogens with one attached hydrogen (secondary N) is 3. The van der Waals surface area contributed by atoms with Crippen molar-refractivity contribution >= 4 is 28.4 Å². The molecule has 1 amide bonds. The van der Waals surface area contributed by atoms with Gasteiger partial charge in [-0.2, -0.15) is 0 Å². The standard InChI is InChI=1S/C14H16ClN3O/c15-11-1-2-13-12(5-11)9(8-18-13)3-4-17-14(19)10-6-16-7-10/h1-2,5,8,10,16,18H,3-4,6-7H2,(H,17,19). The first kappa shape index (κ1) is 12.5. The molecule has 0 bridgehead atoms. The zero-order valence-electron chi connectivity index (χ0n) is 10.5. The fraction of sp³-hybridized carbons (Fsp3) is 0.357. The number of carbonyl (C=O) groups is 1. The summed E-state index contributed by atoms with van der Waals surface area (Å²) in [5.41, 5.74) is 2.26. The Hall–Kier alpha value is -1.52. The molecule has 0 aliphatic carbocycles. The topological polar surface area (TPSA) is 56.9 Å². The Labute approximate surface area is 116 Å². The summed E-state index contributed by atoms with van der Waals surface area (Å²) < 4.78 is 0. The molecule has 1 aromatic heterocycles. The van der Waals surface area contributed by atoms with Gasteiger partial charge >= 0.3 is 0 Å². The monoisotopic (exact) mass is 277 g/mol. The molecule has 5 heteroatoms. The molecule has 0 unspecified atom stereocenters. The number of aromatic nitrogens is 1. The van der Waals surface area contributed by atoms with Crippen LogP contribution in [0.25, 0.3) is 10.9 Å². The van der Waals surface area contributed by atoms with Crippen molar-refractivity contribution in [2.75, 3.05) is 19.6 Å². The van der Waals surface area contributed by atoms with Crippen LogP contribution in [0.3, 0.4) is 0 Å². The highest BCUT2D eigenvalue weighted by Crippen LogP contribution is 2.22. The number of rotatable bonds is 4. The number of hydrogen-bond donors (Lipinski definition) is 3. The lowest BCUT2D eigenvalue weighted by Crippen LogP contribution is -2.51. The lowest BCUT2D eigenvalue weighted by atomic mass is 10.0. The average molecular weight is 278 g/mol. The SMILES string of the molecule is O=C(NCCc1c[nH]c2ccc(Cl)cc12)C1CNC1. The van der Waals surface area contributed by atoms with Crippen LogP contribution in [0.4, 0.5) is 0 Å². The van der Waals surface area contributed by atoms with E-state index in [4.69, 9.17) is 11.6 Å². The predicted molar refractivity (Wildman–Crippen MR) is 76.4 cm³/mol. The minimum absolute atomic E-state index is 0.150. The van der Waals surface area contributed by atoms with Gasteiger partial charge in [-0.25, -0.2) is 0 Å². The number of aromatic amines is 1. The van der Waals surface area contributed by atoms with E-state index < -0.39 is 0 Å². The van der Waals surface area contributed by atoms with Crippen LogP contribution in [-0.4, -0.2) is 30.5 Å². The van der Waals surface area contributed by atoms with Crippen molar-refractivity contribution in [1.29, 1.82) is 0 Å². The molecular formula is C14H16ClN3O. The van der Waals surface area contributed by atoms with Gasteiger partial charge in [0, 0.05) is 41.8 Å². The number of carbonyl (C=O) groups excluding carboxylic acids is 1. The summed E-state index contributed by atoms with van der Waals surface area (Å²) in [7, 11) is 0. The second kappa shape index (κ2) is 5.23. The second-order valence-corrected chi connectivity index (χ2v) is 5.34. The fourth-order valence-corrected chi connectivity index (χ4v) is 2.47. The van der Waals surface area contributed by atoms with E-state index in [0.29, 0.717) is 6.54 Å². The van der Waals surface area contributed by atoms with Crippen LogP contribution < -0.4 is 10.6 Å². The minimum Gasteiger partial charge on any atom is -0.361 e. The molecule has 2 aromatic rings. The molecule has 4 nitrogen and oxygen atoms in total. The van der Waals surface area contributed by atoms with Gasteiger partial charge in [0.1, 0.15) is 0 Å². The van der Waals surface area contributed by atoms with Crippen LogP contribution in [-0.2, 0) is 11.2 Å². The first-order chi connectivity index (χ1) is 9.24. The molecule has 1 aromatic carbocycles. The number of benzene rings is 1. The van der Waals surface area contributed by atoms with Crippen molar-refractivity contribution in [2.45, 2.75) is 6.42 Å². The van der Waals surface area contributed by atoms with Gasteiger partial charge in [-0.15, -0.1) is 0 Å². The van der Waals surface area contributed by atoms with E-state index in [1.165, 1.54) is 5.56 Å². The molecule has 3 rings (SSSR count). The van der Waals surface area contributed by atoms with Crippen molar-refractivity contribution < 1.29 is 4.79 Å². The van der Waals surface area contributed by atoms with Crippen LogP contribution in [0.15, 0.2) is 24.4 Å². The number of halogens is 1. The molecule has 100 valence electrons. The van der Waals surface area contributed by atoms with Gasteiger partial charge in [-0.05, 0) is 30.2 Å². The number of fused-ring (bicyclic) bond motifs is 1. The maximum Gasteiger partial charge on any atom is 0.225 e. The summed E-state index contributed by atoms with van der Waals surface area (Å²) in [5, 5.41) is 7.94. The quantitative estimate of drug-likeness (QED) is 0.797. The van der Waals surface area contributed by atoms with Crippen LogP contribution in [0, 0.1) is 5.92 Å². The average Bonchev–Trinajstić information content (AvgIpc) is 2.70. The van der Waals surface area contributed by atoms with E-state index in [-0.39, 0.29) is 11.8 Å². The van der Waals surface area contributed by atoms with Crippen molar-refractivity contribution in [3.63, 3.8) is 0 Å². The summed E-state index contributed by atoms with van der Waals surface area (Å²) in [4.78, 5) is 14.9. The van der Waals surface area contributed by atoms with Crippen LogP contribution >= 0.6 is 11.6 Å². The number of hydrogen-bond acceptors (Lipinski definition) is 2. The van der Waals surface area contributed by atoms with E-state index in [9.17, 15) is 4.79 Å². The van der Waals surface area contributed by atoms with E-state index in [1.54, 1.807) is 0 Å². The van der Waals surface area contributed by atoms with Gasteiger partial charge in [-0.3, -0.25) is 4.79 Å². The van der Waals surface area contributed by atoms with E-state index in [2.05, 4.69) is 15.6 Å². The van der Waals surface area contributed by atoms with Gasteiger partial charge in [-0.1, -0.05) is 11.6 Å². The maximum absolute atomic E-state index is 11.7. The lowest BCUT2D eigenvalue weighted by molar-refractivity contribution is -0.126. The first-order valence-corrected chi connectivity index (χ1v) is 6.86. The van der Waals surface area contributed by atoms with Gasteiger partial charge in [0.25, 0.3) is 0 Å². The summed E-state index contributed by atoms with van der Waals surface area (Å²) in [6.45, 7) is 2.26. The fourth-order valence-electron chi connectivity index (χ4n) is 2.30. The Bertz CT molecular complexity index is 604. The zero-order valence-corrected chi connectivity index (χ0v) is 11.3. The molecule has 0 spiro atoms. The Balaban J connectivity index is 1.61. The molecule has 3 N–H and O–H groups in total. The van der Waals surface area contributed by atoms with Crippen LogP contribution in [0.1, 0.15) is 5.56 Å². The molecule has 0 radical (unpaired) electrons. The van der Waals surface area contributed by atoms with Gasteiger partial charge in [0.15, 0.2) is 0 Å². The molecule has 0 saturated carbocycles. The Morgan fingerprint density at radius 1 is 1.42 bits per heavy atom. The van der Waals surface area contributed by atoms with E-state index in [1.807, 2.05) is 24.4 Å². The highest BCUT2D eigenvalue weighted by molar-refractivity contribution is 6.31. The Morgan fingerprint density at radius 2 is 2.26 bits per heavy atom. The zero-order chi connectivity index (χ0) is 13.2. The van der Waals surface area contributed by atoms with Crippen LogP contribution in [0.5, 0.6) is 0 Å². The van der Waals surface area contributed by atoms with Gasteiger partial charge in [0.05, 0.1) is 5.92 Å². The molecule has 1 fully saturated rings. The number of H-pyrrole nitrogens is 1. The van der Waals surface area contributed by atoms with Crippen molar-refractivity contribution in [3.05, 3.63) is 35.0 Å². The first-order valence-electron chi connectivity index (χ1n) is 6.48. The summed E-state index contributed by atoms with van der Waals surface area (Å²) in [6.07, 6.45) is 2.80. The van der Waals surface area contributed by atoms with E-state index >= 15 is 0 Å². The third kappa shape index (κ3) is 2.60. The summed E-state index contributed by atoms with van der Waals surface area (Å²) in [5.74, 6) is 0.300. The predicted octanol–water partition coefficient (Wildman–Crippen LogP) is 1.70. The minimum atomic E-state index is 0.150. The highest BCUT2D eigenvalue weighted by Gasteiger charge is 2.24. The highest BCUT2D eigenvalue weighted by atomic mass is 35.5. The van der Waals surface area contributed by atoms with Gasteiger partial charge < -0.3 is 15.6 Å². The van der Waals surface area contributed by atoms with Crippen molar-refractivity contribution in [2.24, 2.45) is 5.92 Å². The summed E-state index contributed by atoms with van der Waals surface area (Å²) >= 11 is 6.01.